The number of hydrogen-bond acceptors (Lipinski definition) is 5. The second-order valence-corrected chi connectivity index (χ2v) is 4.33. The first-order valence-electron chi connectivity index (χ1n) is 5.12. The van der Waals surface area contributed by atoms with Gasteiger partial charge >= 0.3 is 5.97 Å². The number of rotatable bonds is 6. The molecule has 2 N–H and O–H groups in total. The number of carboxylic acids is 1. The van der Waals surface area contributed by atoms with Crippen LogP contribution in [0.1, 0.15) is 6.42 Å². The van der Waals surface area contributed by atoms with Crippen LogP contribution in [0.4, 0.5) is 0 Å². The number of nitrogens with one attached hydrogen (secondary N) is 1. The molecule has 0 saturated carbocycles. The quantitative estimate of drug-likeness (QED) is 0.710. The van der Waals surface area contributed by atoms with Crippen molar-refractivity contribution in [1.29, 1.82) is 0 Å². The van der Waals surface area contributed by atoms with Gasteiger partial charge in [0.2, 0.25) is 5.76 Å². The van der Waals surface area contributed by atoms with Gasteiger partial charge in [0, 0.05) is 0 Å². The monoisotopic (exact) mass is 261 g/mol. The molecular weight excluding hydrogens is 246 g/mol. The van der Waals surface area contributed by atoms with Gasteiger partial charge in [-0.15, -0.1) is 0 Å². The highest BCUT2D eigenvalue weighted by molar-refractivity contribution is 7.98. The van der Waals surface area contributed by atoms with Crippen molar-refractivity contribution in [2.45, 2.75) is 12.5 Å². The fraction of sp³-hybridized carbons (Fsp3) is 0.600. The SMILES string of the molecule is CSCC[C@H](NC(=O)C1=COCCO1)C(=O)O. The summed E-state index contributed by atoms with van der Waals surface area (Å²) in [5.41, 5.74) is 0. The third kappa shape index (κ3) is 4.56. The van der Waals surface area contributed by atoms with Crippen LogP contribution in [-0.2, 0) is 19.1 Å². The van der Waals surface area contributed by atoms with Gasteiger partial charge in [0.15, 0.2) is 0 Å². The van der Waals surface area contributed by atoms with E-state index in [-0.39, 0.29) is 5.76 Å². The number of thioether (sulfide) groups is 1. The van der Waals surface area contributed by atoms with E-state index < -0.39 is 17.9 Å². The molecule has 7 heteroatoms. The summed E-state index contributed by atoms with van der Waals surface area (Å²) in [7, 11) is 0. The predicted octanol–water partition coefficient (Wildman–Crippen LogP) is 0.197. The molecule has 1 rings (SSSR count). The maximum absolute atomic E-state index is 11.6. The summed E-state index contributed by atoms with van der Waals surface area (Å²) in [5, 5.41) is 11.3. The van der Waals surface area contributed by atoms with Gasteiger partial charge in [0.25, 0.3) is 5.91 Å². The maximum Gasteiger partial charge on any atom is 0.326 e. The van der Waals surface area contributed by atoms with Crippen LogP contribution < -0.4 is 5.32 Å². The van der Waals surface area contributed by atoms with E-state index >= 15 is 0 Å². The lowest BCUT2D eigenvalue weighted by atomic mass is 10.2. The molecule has 0 saturated heterocycles. The highest BCUT2D eigenvalue weighted by Gasteiger charge is 2.23. The average Bonchev–Trinajstić information content (AvgIpc) is 2.35. The molecule has 1 heterocycles. The summed E-state index contributed by atoms with van der Waals surface area (Å²) in [6.07, 6.45) is 3.45. The molecule has 0 aromatic carbocycles. The summed E-state index contributed by atoms with van der Waals surface area (Å²) in [4.78, 5) is 22.5. The number of aliphatic carboxylic acids is 1. The lowest BCUT2D eigenvalue weighted by Crippen LogP contribution is -2.42. The predicted molar refractivity (Wildman–Crippen MR) is 62.6 cm³/mol. The van der Waals surface area contributed by atoms with Crippen LogP contribution in [0.5, 0.6) is 0 Å². The molecule has 17 heavy (non-hydrogen) atoms. The van der Waals surface area contributed by atoms with Crippen molar-refractivity contribution >= 4 is 23.6 Å². The minimum Gasteiger partial charge on any atom is -0.494 e. The molecule has 0 bridgehead atoms. The minimum atomic E-state index is -1.05. The molecule has 0 radical (unpaired) electrons. The number of hydrogen-bond donors (Lipinski definition) is 2. The van der Waals surface area contributed by atoms with Gasteiger partial charge in [-0.05, 0) is 18.4 Å². The smallest absolute Gasteiger partial charge is 0.326 e. The Morgan fingerprint density at radius 2 is 2.35 bits per heavy atom. The Morgan fingerprint density at radius 1 is 1.59 bits per heavy atom. The Morgan fingerprint density at radius 3 is 2.88 bits per heavy atom. The second-order valence-electron chi connectivity index (χ2n) is 3.35. The molecule has 6 nitrogen and oxygen atoms in total. The van der Waals surface area contributed by atoms with E-state index in [0.29, 0.717) is 25.4 Å². The van der Waals surface area contributed by atoms with Crippen LogP contribution in [0, 0.1) is 0 Å². The third-order valence-corrected chi connectivity index (χ3v) is 2.73. The van der Waals surface area contributed by atoms with Gasteiger partial charge in [-0.1, -0.05) is 0 Å². The fourth-order valence-corrected chi connectivity index (χ4v) is 1.68. The van der Waals surface area contributed by atoms with E-state index in [4.69, 9.17) is 14.6 Å². The van der Waals surface area contributed by atoms with Gasteiger partial charge in [0.05, 0.1) is 0 Å². The summed E-state index contributed by atoms with van der Waals surface area (Å²) >= 11 is 1.52. The Hall–Kier alpha value is -1.37. The highest BCUT2D eigenvalue weighted by Crippen LogP contribution is 2.06. The van der Waals surface area contributed by atoms with Crippen molar-refractivity contribution < 1.29 is 24.2 Å². The first kappa shape index (κ1) is 13.7. The van der Waals surface area contributed by atoms with Crippen LogP contribution in [0.25, 0.3) is 0 Å². The second kappa shape index (κ2) is 7.05. The molecule has 0 fully saturated rings. The topological polar surface area (TPSA) is 84.9 Å². The van der Waals surface area contributed by atoms with Crippen molar-refractivity contribution in [1.82, 2.24) is 5.32 Å². The van der Waals surface area contributed by atoms with E-state index in [0.717, 1.165) is 0 Å². The van der Waals surface area contributed by atoms with E-state index in [1.54, 1.807) is 0 Å². The first-order valence-corrected chi connectivity index (χ1v) is 6.51. The van der Waals surface area contributed by atoms with Crippen LogP contribution in [-0.4, -0.2) is 48.2 Å². The van der Waals surface area contributed by atoms with Crippen LogP contribution in [0.2, 0.25) is 0 Å². The Balaban J connectivity index is 2.51. The Kier molecular flexibility index (Phi) is 5.68. The zero-order chi connectivity index (χ0) is 12.7. The molecule has 0 spiro atoms. The summed E-state index contributed by atoms with van der Waals surface area (Å²) in [6.45, 7) is 0.688. The number of carboxylic acid groups (broad SMARTS) is 1. The standard InChI is InChI=1S/C10H15NO5S/c1-17-5-2-7(10(13)14)11-9(12)8-6-15-3-4-16-8/h6-7H,2-5H2,1H3,(H,11,12)(H,13,14)/t7-/m0/s1. The molecule has 1 atom stereocenters. The molecule has 1 aliphatic rings. The Labute approximate surface area is 103 Å². The lowest BCUT2D eigenvalue weighted by Gasteiger charge is -2.18. The largest absolute Gasteiger partial charge is 0.494 e. The summed E-state index contributed by atoms with van der Waals surface area (Å²) < 4.78 is 9.98. The van der Waals surface area contributed by atoms with Crippen molar-refractivity contribution in [3.05, 3.63) is 12.0 Å². The van der Waals surface area contributed by atoms with E-state index in [9.17, 15) is 9.59 Å². The molecule has 1 amide bonds. The highest BCUT2D eigenvalue weighted by atomic mass is 32.2. The normalized spacial score (nSPS) is 16.2. The zero-order valence-electron chi connectivity index (χ0n) is 9.47. The molecule has 1 aliphatic heterocycles. The maximum atomic E-state index is 11.6. The average molecular weight is 261 g/mol. The van der Waals surface area contributed by atoms with E-state index in [2.05, 4.69) is 5.32 Å². The number of amides is 1. The van der Waals surface area contributed by atoms with Crippen molar-refractivity contribution in [2.24, 2.45) is 0 Å². The van der Waals surface area contributed by atoms with Gasteiger partial charge < -0.3 is 19.9 Å². The molecular formula is C10H15NO5S. The van der Waals surface area contributed by atoms with Crippen LogP contribution in [0.3, 0.4) is 0 Å². The molecule has 0 unspecified atom stereocenters. The number of carbonyl (C=O) groups is 2. The summed E-state index contributed by atoms with van der Waals surface area (Å²) in [5.74, 6) is -0.928. The van der Waals surface area contributed by atoms with Crippen LogP contribution >= 0.6 is 11.8 Å². The van der Waals surface area contributed by atoms with E-state index in [1.165, 1.54) is 18.0 Å². The van der Waals surface area contributed by atoms with Crippen LogP contribution in [0.15, 0.2) is 12.0 Å². The van der Waals surface area contributed by atoms with Crippen molar-refractivity contribution in [2.75, 3.05) is 25.2 Å². The number of carbonyl (C=O) groups excluding carboxylic acids is 1. The van der Waals surface area contributed by atoms with Gasteiger partial charge in [-0.3, -0.25) is 4.79 Å². The first-order chi connectivity index (χ1) is 8.15. The third-order valence-electron chi connectivity index (χ3n) is 2.09. The van der Waals surface area contributed by atoms with Crippen molar-refractivity contribution in [3.63, 3.8) is 0 Å². The zero-order valence-corrected chi connectivity index (χ0v) is 10.3. The fourth-order valence-electron chi connectivity index (χ4n) is 1.21. The number of ether oxygens (including phenoxy) is 2. The van der Waals surface area contributed by atoms with Gasteiger partial charge in [0.1, 0.15) is 25.5 Å². The molecule has 0 aromatic rings. The van der Waals surface area contributed by atoms with Gasteiger partial charge in [-0.25, -0.2) is 4.79 Å². The van der Waals surface area contributed by atoms with Gasteiger partial charge in [-0.2, -0.15) is 11.8 Å². The minimum absolute atomic E-state index is 0.0200. The van der Waals surface area contributed by atoms with E-state index in [1.807, 2.05) is 6.26 Å². The Bertz CT molecular complexity index is 318. The lowest BCUT2D eigenvalue weighted by molar-refractivity contribution is -0.141. The summed E-state index contributed by atoms with van der Waals surface area (Å²) in [6, 6.07) is -0.902. The molecule has 0 aliphatic carbocycles. The van der Waals surface area contributed by atoms with Crippen molar-refractivity contribution in [3.8, 4) is 0 Å². The molecule has 96 valence electrons. The molecule has 0 aromatic heterocycles.